The summed E-state index contributed by atoms with van der Waals surface area (Å²) in [5, 5.41) is 0. The van der Waals surface area contributed by atoms with E-state index in [1.54, 1.807) is 0 Å². The van der Waals surface area contributed by atoms with Gasteiger partial charge < -0.3 is 23.5 Å². The molecule has 0 amide bonds. The third-order valence-corrected chi connectivity index (χ3v) is 12.5. The van der Waals surface area contributed by atoms with E-state index in [4.69, 9.17) is 18.9 Å². The standard InChI is InChI=1S/C57H98N2O5/c1-5-8-11-13-15-17-19-21-23-25-27-29-31-33-35-38-44-61-49-54(62-45-39-36-34-32-30-28-26-24-22-20-18-16-14-12-9-6-2)50-64-57(60)47-52-41-42-56(55(52)40-37-10-7-3)63-46-43-53-48-59(4)51-58-53/h10,15-18,21-24,37,48,51-52,54-56H,5-9,11-14,19-20,25-36,38-47,49-50H2,1-4H3/b17-15-,18-16-,23-21-,24-22-,37-10-. The molecule has 0 aliphatic heterocycles. The first-order chi connectivity index (χ1) is 31.6. The molecule has 1 aromatic rings. The van der Waals surface area contributed by atoms with Crippen molar-refractivity contribution in [3.63, 3.8) is 0 Å². The van der Waals surface area contributed by atoms with Crippen LogP contribution in [0.15, 0.2) is 73.3 Å². The molecule has 0 saturated heterocycles. The van der Waals surface area contributed by atoms with Crippen LogP contribution in [0.25, 0.3) is 0 Å². The van der Waals surface area contributed by atoms with Gasteiger partial charge in [0.2, 0.25) is 0 Å². The van der Waals surface area contributed by atoms with E-state index in [-0.39, 0.29) is 30.7 Å². The Hall–Kier alpha value is -2.74. The highest BCUT2D eigenvalue weighted by Crippen LogP contribution is 2.39. The third kappa shape index (κ3) is 32.8. The number of ether oxygens (including phenoxy) is 4. The second-order valence-electron chi connectivity index (χ2n) is 18.4. The predicted molar refractivity (Wildman–Crippen MR) is 272 cm³/mol. The van der Waals surface area contributed by atoms with Crippen LogP contribution in [0.3, 0.4) is 0 Å². The maximum atomic E-state index is 13.4. The number of carbonyl (C=O) groups is 1. The first-order valence-electron chi connectivity index (χ1n) is 26.8. The molecule has 1 aliphatic carbocycles. The molecule has 2 rings (SSSR count). The van der Waals surface area contributed by atoms with Crippen LogP contribution >= 0.6 is 0 Å². The van der Waals surface area contributed by atoms with Crippen molar-refractivity contribution in [2.45, 2.75) is 226 Å². The van der Waals surface area contributed by atoms with E-state index < -0.39 is 0 Å². The zero-order valence-electron chi connectivity index (χ0n) is 41.9. The summed E-state index contributed by atoms with van der Waals surface area (Å²) >= 11 is 0. The fourth-order valence-electron chi connectivity index (χ4n) is 8.60. The molecule has 7 heteroatoms. The van der Waals surface area contributed by atoms with Gasteiger partial charge in [0.1, 0.15) is 12.7 Å². The topological polar surface area (TPSA) is 71.8 Å². The van der Waals surface area contributed by atoms with Gasteiger partial charge in [-0.3, -0.25) is 4.79 Å². The number of rotatable bonds is 44. The van der Waals surface area contributed by atoms with Crippen LogP contribution in [-0.2, 0) is 37.2 Å². The first kappa shape index (κ1) is 57.4. The summed E-state index contributed by atoms with van der Waals surface area (Å²) in [6.07, 6.45) is 61.5. The lowest BCUT2D eigenvalue weighted by Gasteiger charge is -2.24. The summed E-state index contributed by atoms with van der Waals surface area (Å²) in [5.74, 6) is 0.440. The van der Waals surface area contributed by atoms with Gasteiger partial charge in [0, 0.05) is 39.3 Å². The summed E-state index contributed by atoms with van der Waals surface area (Å²) < 4.78 is 26.9. The molecule has 4 unspecified atom stereocenters. The van der Waals surface area contributed by atoms with E-state index in [2.05, 4.69) is 92.7 Å². The fourth-order valence-corrected chi connectivity index (χ4v) is 8.60. The molecule has 0 bridgehead atoms. The molecule has 4 atom stereocenters. The molecular formula is C57H98N2O5. The molecule has 0 spiro atoms. The Balaban J connectivity index is 1.71. The molecule has 1 saturated carbocycles. The van der Waals surface area contributed by atoms with Crippen LogP contribution in [0, 0.1) is 11.8 Å². The van der Waals surface area contributed by atoms with Crippen LogP contribution < -0.4 is 0 Å². The largest absolute Gasteiger partial charge is 0.463 e. The number of hydrogen-bond acceptors (Lipinski definition) is 6. The lowest BCUT2D eigenvalue weighted by molar-refractivity contribution is -0.151. The number of carbonyl (C=O) groups excluding carboxylic acids is 1. The van der Waals surface area contributed by atoms with Crippen LogP contribution in [0.2, 0.25) is 0 Å². The SMILES string of the molecule is CC/C=C\CC1C(CC(=O)OCC(COCCCCCCCC/C=C\C/C=C\CCCCC)OCCCCCCCC/C=C\C/C=C\CCCCC)CCC1OCCc1cn(C)cn1. The molecular weight excluding hydrogens is 793 g/mol. The van der Waals surface area contributed by atoms with Crippen molar-refractivity contribution >= 4 is 5.97 Å². The highest BCUT2D eigenvalue weighted by Gasteiger charge is 2.37. The van der Waals surface area contributed by atoms with Crippen LogP contribution in [0.1, 0.15) is 213 Å². The molecule has 7 nitrogen and oxygen atoms in total. The molecule has 1 aromatic heterocycles. The van der Waals surface area contributed by atoms with Crippen LogP contribution in [0.4, 0.5) is 0 Å². The second kappa shape index (κ2) is 42.9. The molecule has 1 aliphatic rings. The fraction of sp³-hybridized carbons (Fsp3) is 0.754. The first-order valence-corrected chi connectivity index (χ1v) is 26.8. The summed E-state index contributed by atoms with van der Waals surface area (Å²) in [7, 11) is 1.99. The third-order valence-electron chi connectivity index (χ3n) is 12.5. The average molecular weight is 891 g/mol. The Kier molecular flexibility index (Phi) is 38.4. The Bertz CT molecular complexity index is 1350. The van der Waals surface area contributed by atoms with Crippen molar-refractivity contribution in [1.82, 2.24) is 9.55 Å². The number of esters is 1. The van der Waals surface area contributed by atoms with Crippen molar-refractivity contribution in [1.29, 1.82) is 0 Å². The van der Waals surface area contributed by atoms with Gasteiger partial charge in [0.25, 0.3) is 0 Å². The van der Waals surface area contributed by atoms with E-state index in [1.807, 2.05) is 17.9 Å². The van der Waals surface area contributed by atoms with Crippen molar-refractivity contribution in [2.75, 3.05) is 33.0 Å². The molecule has 366 valence electrons. The van der Waals surface area contributed by atoms with Crippen molar-refractivity contribution in [3.05, 3.63) is 79.0 Å². The number of aryl methyl sites for hydroxylation is 1. The number of nitrogens with zero attached hydrogens (tertiary/aromatic N) is 2. The van der Waals surface area contributed by atoms with E-state index in [9.17, 15) is 4.79 Å². The van der Waals surface area contributed by atoms with E-state index in [0.717, 1.165) is 70.1 Å². The number of unbranched alkanes of at least 4 members (excludes halogenated alkanes) is 18. The summed E-state index contributed by atoms with van der Waals surface area (Å²) in [6.45, 7) is 9.46. The predicted octanol–water partition coefficient (Wildman–Crippen LogP) is 15.7. The molecule has 1 heterocycles. The Morgan fingerprint density at radius 2 is 1.22 bits per heavy atom. The number of imidazole rings is 1. The zero-order chi connectivity index (χ0) is 45.8. The summed E-state index contributed by atoms with van der Waals surface area (Å²) in [6, 6.07) is 0. The van der Waals surface area contributed by atoms with Crippen molar-refractivity contribution in [2.24, 2.45) is 18.9 Å². The number of allylic oxidation sites excluding steroid dienone is 10. The van der Waals surface area contributed by atoms with Gasteiger partial charge in [0.15, 0.2) is 0 Å². The Morgan fingerprint density at radius 3 is 1.78 bits per heavy atom. The Morgan fingerprint density at radius 1 is 0.656 bits per heavy atom. The lowest BCUT2D eigenvalue weighted by Crippen LogP contribution is -2.29. The lowest BCUT2D eigenvalue weighted by atomic mass is 9.88. The van der Waals surface area contributed by atoms with Crippen LogP contribution in [-0.4, -0.2) is 60.8 Å². The van der Waals surface area contributed by atoms with Crippen molar-refractivity contribution < 1.29 is 23.7 Å². The van der Waals surface area contributed by atoms with Gasteiger partial charge in [-0.2, -0.15) is 0 Å². The minimum absolute atomic E-state index is 0.129. The normalized spacial score (nSPS) is 17.5. The smallest absolute Gasteiger partial charge is 0.306 e. The average Bonchev–Trinajstić information content (AvgIpc) is 3.89. The zero-order valence-corrected chi connectivity index (χ0v) is 41.9. The molecule has 64 heavy (non-hydrogen) atoms. The van der Waals surface area contributed by atoms with Gasteiger partial charge in [-0.1, -0.05) is 159 Å². The highest BCUT2D eigenvalue weighted by molar-refractivity contribution is 5.69. The van der Waals surface area contributed by atoms with E-state index in [1.165, 1.54) is 128 Å². The maximum absolute atomic E-state index is 13.4. The quantitative estimate of drug-likeness (QED) is 0.0369. The second-order valence-corrected chi connectivity index (χ2v) is 18.4. The monoisotopic (exact) mass is 891 g/mol. The number of aromatic nitrogens is 2. The highest BCUT2D eigenvalue weighted by atomic mass is 16.6. The maximum Gasteiger partial charge on any atom is 0.306 e. The minimum atomic E-state index is -0.235. The van der Waals surface area contributed by atoms with E-state index in [0.29, 0.717) is 32.2 Å². The summed E-state index contributed by atoms with van der Waals surface area (Å²) in [5.41, 5.74) is 1.05. The molecule has 0 radical (unpaired) electrons. The molecule has 0 aromatic carbocycles. The summed E-state index contributed by atoms with van der Waals surface area (Å²) in [4.78, 5) is 17.8. The van der Waals surface area contributed by atoms with Gasteiger partial charge in [-0.15, -0.1) is 0 Å². The Labute approximate surface area is 394 Å². The van der Waals surface area contributed by atoms with Gasteiger partial charge in [0.05, 0.1) is 31.3 Å². The number of hydrogen-bond donors (Lipinski definition) is 0. The van der Waals surface area contributed by atoms with Gasteiger partial charge >= 0.3 is 5.97 Å². The van der Waals surface area contributed by atoms with Crippen molar-refractivity contribution in [3.8, 4) is 0 Å². The van der Waals surface area contributed by atoms with Gasteiger partial charge in [-0.25, -0.2) is 4.98 Å². The molecule has 0 N–H and O–H groups in total. The van der Waals surface area contributed by atoms with Crippen LogP contribution in [0.5, 0.6) is 0 Å². The minimum Gasteiger partial charge on any atom is -0.463 e. The van der Waals surface area contributed by atoms with E-state index >= 15 is 0 Å². The molecule has 1 fully saturated rings. The van der Waals surface area contributed by atoms with Gasteiger partial charge in [-0.05, 0) is 115 Å².